The summed E-state index contributed by atoms with van der Waals surface area (Å²) in [7, 11) is 0. The van der Waals surface area contributed by atoms with Gasteiger partial charge in [-0.15, -0.1) is 0 Å². The van der Waals surface area contributed by atoms with E-state index in [1.165, 1.54) is 0 Å². The molecule has 0 saturated carbocycles. The Morgan fingerprint density at radius 3 is 2.38 bits per heavy atom. The van der Waals surface area contributed by atoms with Crippen LogP contribution >= 0.6 is 0 Å². The van der Waals surface area contributed by atoms with Crippen LogP contribution in [0.15, 0.2) is 78.9 Å². The van der Waals surface area contributed by atoms with Crippen molar-refractivity contribution in [2.45, 2.75) is 46.2 Å². The Hall–Kier alpha value is -3.64. The van der Waals surface area contributed by atoms with Crippen LogP contribution in [0.4, 0.5) is 0 Å². The second kappa shape index (κ2) is 12.1. The summed E-state index contributed by atoms with van der Waals surface area (Å²) in [5.74, 6) is 1.01. The number of amides is 1. The molecule has 0 aromatic heterocycles. The van der Waals surface area contributed by atoms with Crippen molar-refractivity contribution in [2.75, 3.05) is 13.1 Å². The SMILES string of the molecule is CC(C)(C(=O)NCc1ccc(Oc2ccccc2)cc1)C1CCCN(Cc2cccc(C(=O)O)c2)CC1. The normalized spacial score (nSPS) is 16.5. The topological polar surface area (TPSA) is 78.9 Å². The number of hydrogen-bond acceptors (Lipinski definition) is 4. The van der Waals surface area contributed by atoms with Crippen LogP contribution in [0, 0.1) is 11.3 Å². The molecule has 1 saturated heterocycles. The Balaban J connectivity index is 1.28. The Kier molecular flexibility index (Phi) is 8.62. The molecule has 1 aliphatic heterocycles. The van der Waals surface area contributed by atoms with Crippen molar-refractivity contribution < 1.29 is 19.4 Å². The zero-order valence-corrected chi connectivity index (χ0v) is 21.7. The number of nitrogens with one attached hydrogen (secondary N) is 1. The summed E-state index contributed by atoms with van der Waals surface area (Å²) in [5, 5.41) is 12.4. The minimum atomic E-state index is -0.901. The zero-order valence-electron chi connectivity index (χ0n) is 21.7. The van der Waals surface area contributed by atoms with Crippen LogP contribution in [-0.4, -0.2) is 35.0 Å². The van der Waals surface area contributed by atoms with Gasteiger partial charge in [0.2, 0.25) is 5.91 Å². The summed E-state index contributed by atoms with van der Waals surface area (Å²) < 4.78 is 5.85. The van der Waals surface area contributed by atoms with Gasteiger partial charge < -0.3 is 15.2 Å². The van der Waals surface area contributed by atoms with Crippen LogP contribution in [0.3, 0.4) is 0 Å². The lowest BCUT2D eigenvalue weighted by atomic mass is 9.74. The van der Waals surface area contributed by atoms with Crippen molar-refractivity contribution in [2.24, 2.45) is 11.3 Å². The van der Waals surface area contributed by atoms with Gasteiger partial charge in [-0.05, 0) is 85.8 Å². The first-order valence-electron chi connectivity index (χ1n) is 13.0. The molecule has 1 heterocycles. The van der Waals surface area contributed by atoms with Gasteiger partial charge in [0.15, 0.2) is 0 Å². The molecular formula is C31H36N2O4. The van der Waals surface area contributed by atoms with E-state index in [0.29, 0.717) is 12.1 Å². The maximum absolute atomic E-state index is 13.2. The molecule has 6 nitrogen and oxygen atoms in total. The molecule has 4 rings (SSSR count). The Morgan fingerprint density at radius 2 is 1.65 bits per heavy atom. The standard InChI is InChI=1S/C31H36N2O4/c1-31(2,26-10-7-18-33(19-17-26)22-24-8-6-9-25(20-24)29(34)35)30(36)32-21-23-13-15-28(16-14-23)37-27-11-4-3-5-12-27/h3-6,8-9,11-16,20,26H,7,10,17-19,21-22H2,1-2H3,(H,32,36)(H,34,35). The van der Waals surface area contributed by atoms with Crippen LogP contribution in [0.25, 0.3) is 0 Å². The van der Waals surface area contributed by atoms with Gasteiger partial charge in [0, 0.05) is 18.5 Å². The highest BCUT2D eigenvalue weighted by Crippen LogP contribution is 2.35. The molecule has 3 aromatic rings. The summed E-state index contributed by atoms with van der Waals surface area (Å²) in [4.78, 5) is 26.9. The molecule has 1 aliphatic rings. The third-order valence-corrected chi connectivity index (χ3v) is 7.36. The highest BCUT2D eigenvalue weighted by molar-refractivity contribution is 5.87. The van der Waals surface area contributed by atoms with Crippen LogP contribution in [0.1, 0.15) is 54.6 Å². The lowest BCUT2D eigenvalue weighted by Crippen LogP contribution is -2.42. The largest absolute Gasteiger partial charge is 0.478 e. The maximum Gasteiger partial charge on any atom is 0.335 e. The van der Waals surface area contributed by atoms with E-state index in [9.17, 15) is 14.7 Å². The van der Waals surface area contributed by atoms with E-state index in [2.05, 4.69) is 24.1 Å². The molecule has 0 aliphatic carbocycles. The lowest BCUT2D eigenvalue weighted by Gasteiger charge is -2.32. The van der Waals surface area contributed by atoms with Gasteiger partial charge in [-0.1, -0.05) is 56.3 Å². The smallest absolute Gasteiger partial charge is 0.335 e. The number of nitrogens with zero attached hydrogens (tertiary/aromatic N) is 1. The summed E-state index contributed by atoms with van der Waals surface area (Å²) in [5.41, 5.74) is 1.88. The maximum atomic E-state index is 13.2. The number of carboxylic acids is 1. The summed E-state index contributed by atoms with van der Waals surface area (Å²) >= 11 is 0. The number of ether oxygens (including phenoxy) is 1. The minimum absolute atomic E-state index is 0.0738. The van der Waals surface area contributed by atoms with E-state index in [1.807, 2.05) is 60.7 Å². The molecule has 0 radical (unpaired) electrons. The van der Waals surface area contributed by atoms with E-state index < -0.39 is 11.4 Å². The minimum Gasteiger partial charge on any atom is -0.478 e. The predicted octanol–water partition coefficient (Wildman–Crippen LogP) is 6.12. The molecular weight excluding hydrogens is 464 g/mol. The van der Waals surface area contributed by atoms with E-state index >= 15 is 0 Å². The molecule has 0 bridgehead atoms. The van der Waals surface area contributed by atoms with Crippen molar-refractivity contribution in [3.63, 3.8) is 0 Å². The number of rotatable bonds is 9. The van der Waals surface area contributed by atoms with Crippen molar-refractivity contribution >= 4 is 11.9 Å². The molecule has 6 heteroatoms. The number of carboxylic acid groups (broad SMARTS) is 1. The quantitative estimate of drug-likeness (QED) is 0.370. The molecule has 1 atom stereocenters. The number of para-hydroxylation sites is 1. The van der Waals surface area contributed by atoms with Gasteiger partial charge in [0.05, 0.1) is 5.56 Å². The number of carbonyl (C=O) groups excluding carboxylic acids is 1. The van der Waals surface area contributed by atoms with Gasteiger partial charge >= 0.3 is 5.97 Å². The highest BCUT2D eigenvalue weighted by atomic mass is 16.5. The number of hydrogen-bond donors (Lipinski definition) is 2. The third kappa shape index (κ3) is 7.20. The van der Waals surface area contributed by atoms with Crippen molar-refractivity contribution in [1.29, 1.82) is 0 Å². The van der Waals surface area contributed by atoms with E-state index in [0.717, 1.165) is 61.5 Å². The van der Waals surface area contributed by atoms with Gasteiger partial charge in [-0.3, -0.25) is 9.69 Å². The number of benzene rings is 3. The van der Waals surface area contributed by atoms with Crippen molar-refractivity contribution in [3.8, 4) is 11.5 Å². The molecule has 2 N–H and O–H groups in total. The van der Waals surface area contributed by atoms with Gasteiger partial charge in [0.1, 0.15) is 11.5 Å². The number of carbonyl (C=O) groups is 2. The molecule has 0 spiro atoms. The predicted molar refractivity (Wildman–Crippen MR) is 145 cm³/mol. The summed E-state index contributed by atoms with van der Waals surface area (Å²) in [6.07, 6.45) is 2.95. The fraction of sp³-hybridized carbons (Fsp3) is 0.355. The van der Waals surface area contributed by atoms with E-state index in [1.54, 1.807) is 18.2 Å². The Morgan fingerprint density at radius 1 is 0.919 bits per heavy atom. The van der Waals surface area contributed by atoms with Crippen molar-refractivity contribution in [3.05, 3.63) is 95.6 Å². The Bertz CT molecular complexity index is 1190. The van der Waals surface area contributed by atoms with Crippen LogP contribution < -0.4 is 10.1 Å². The zero-order chi connectivity index (χ0) is 26.3. The molecule has 194 valence electrons. The van der Waals surface area contributed by atoms with E-state index in [4.69, 9.17) is 4.74 Å². The first-order chi connectivity index (χ1) is 17.8. The first kappa shape index (κ1) is 26.4. The fourth-order valence-corrected chi connectivity index (χ4v) is 4.99. The highest BCUT2D eigenvalue weighted by Gasteiger charge is 2.37. The summed E-state index contributed by atoms with van der Waals surface area (Å²) in [6, 6.07) is 24.6. The molecule has 1 amide bonds. The fourth-order valence-electron chi connectivity index (χ4n) is 4.99. The average molecular weight is 501 g/mol. The van der Waals surface area contributed by atoms with E-state index in [-0.39, 0.29) is 11.8 Å². The van der Waals surface area contributed by atoms with Crippen molar-refractivity contribution in [1.82, 2.24) is 10.2 Å². The second-order valence-electron chi connectivity index (χ2n) is 10.4. The molecule has 37 heavy (non-hydrogen) atoms. The number of aromatic carboxylic acids is 1. The third-order valence-electron chi connectivity index (χ3n) is 7.36. The first-order valence-corrected chi connectivity index (χ1v) is 13.0. The second-order valence-corrected chi connectivity index (χ2v) is 10.4. The Labute approximate surface area is 219 Å². The monoisotopic (exact) mass is 500 g/mol. The van der Waals surface area contributed by atoms with Crippen LogP contribution in [-0.2, 0) is 17.9 Å². The van der Waals surface area contributed by atoms with Gasteiger partial charge in [-0.2, -0.15) is 0 Å². The molecule has 1 unspecified atom stereocenters. The summed E-state index contributed by atoms with van der Waals surface area (Å²) in [6.45, 7) is 7.15. The van der Waals surface area contributed by atoms with Gasteiger partial charge in [-0.25, -0.2) is 4.79 Å². The lowest BCUT2D eigenvalue weighted by molar-refractivity contribution is -0.132. The van der Waals surface area contributed by atoms with Crippen LogP contribution in [0.5, 0.6) is 11.5 Å². The molecule has 3 aromatic carbocycles. The average Bonchev–Trinajstić information content (AvgIpc) is 3.15. The van der Waals surface area contributed by atoms with Gasteiger partial charge in [0.25, 0.3) is 0 Å². The van der Waals surface area contributed by atoms with Crippen LogP contribution in [0.2, 0.25) is 0 Å². The number of likely N-dealkylation sites (tertiary alicyclic amines) is 1. The molecule has 1 fully saturated rings.